The third-order valence-corrected chi connectivity index (χ3v) is 4.95. The third-order valence-electron chi connectivity index (χ3n) is 4.95. The van der Waals surface area contributed by atoms with Crippen molar-refractivity contribution in [3.8, 4) is 12.0 Å². The summed E-state index contributed by atoms with van der Waals surface area (Å²) in [7, 11) is 0. The lowest BCUT2D eigenvalue weighted by atomic mass is 10.1. The van der Waals surface area contributed by atoms with Crippen LogP contribution < -0.4 is 10.5 Å². The van der Waals surface area contributed by atoms with Gasteiger partial charge in [-0.1, -0.05) is 31.2 Å². The van der Waals surface area contributed by atoms with E-state index >= 15 is 0 Å². The number of nitrogen functional groups attached to an aromatic ring is 1. The van der Waals surface area contributed by atoms with Crippen LogP contribution in [0.2, 0.25) is 0 Å². The molecule has 0 amide bonds. The Labute approximate surface area is 164 Å². The monoisotopic (exact) mass is 382 g/mol. The van der Waals surface area contributed by atoms with Crippen molar-refractivity contribution in [3.63, 3.8) is 0 Å². The number of aromatic nitrogens is 4. The quantitative estimate of drug-likeness (QED) is 0.647. The molecule has 0 bridgehead atoms. The lowest BCUT2D eigenvalue weighted by Gasteiger charge is -2.15. The van der Waals surface area contributed by atoms with Gasteiger partial charge in [0.15, 0.2) is 17.0 Å². The Kier molecular flexibility index (Phi) is 5.29. The van der Waals surface area contributed by atoms with Crippen molar-refractivity contribution in [3.05, 3.63) is 35.4 Å². The van der Waals surface area contributed by atoms with E-state index in [1.54, 1.807) is 4.57 Å². The van der Waals surface area contributed by atoms with E-state index in [9.17, 15) is 5.11 Å². The second-order valence-electron chi connectivity index (χ2n) is 7.21. The second kappa shape index (κ2) is 8.02. The average molecular weight is 382 g/mol. The molecular formula is C20H26N6O2. The SMILES string of the molecule is CCCOc1nc(N)c2nc(O)n(Cc3cccc(CN4CCCC4)c3)c2n1. The molecule has 3 N–H and O–H groups in total. The number of anilines is 1. The minimum absolute atomic E-state index is 0.131. The van der Waals surface area contributed by atoms with Gasteiger partial charge in [0.25, 0.3) is 6.01 Å². The number of nitrogens with two attached hydrogens (primary N) is 1. The van der Waals surface area contributed by atoms with Crippen molar-refractivity contribution in [1.29, 1.82) is 0 Å². The number of imidazole rings is 1. The van der Waals surface area contributed by atoms with E-state index < -0.39 is 0 Å². The van der Waals surface area contributed by atoms with Crippen molar-refractivity contribution in [2.45, 2.75) is 39.3 Å². The van der Waals surface area contributed by atoms with Crippen LogP contribution in [0, 0.1) is 0 Å². The number of fused-ring (bicyclic) bond motifs is 1. The third kappa shape index (κ3) is 3.87. The largest absolute Gasteiger partial charge is 0.480 e. The number of hydrogen-bond donors (Lipinski definition) is 2. The molecule has 0 radical (unpaired) electrons. The zero-order chi connectivity index (χ0) is 19.5. The maximum atomic E-state index is 10.4. The highest BCUT2D eigenvalue weighted by Crippen LogP contribution is 2.26. The summed E-state index contributed by atoms with van der Waals surface area (Å²) in [6.07, 6.45) is 3.39. The molecular weight excluding hydrogens is 356 g/mol. The summed E-state index contributed by atoms with van der Waals surface area (Å²) in [5.41, 5.74) is 9.19. The maximum Gasteiger partial charge on any atom is 0.320 e. The number of hydrogen-bond acceptors (Lipinski definition) is 7. The predicted octanol–water partition coefficient (Wildman–Crippen LogP) is 2.55. The standard InChI is InChI=1S/C20H26N6O2/c1-2-10-28-19-23-17(21)16-18(24-19)26(20(27)22-16)13-15-7-5-6-14(11-15)12-25-8-3-4-9-25/h5-7,11H,2-4,8-10,12-13H2,1H3,(H,22,27)(H2,21,23,24). The number of nitrogens with zero attached hydrogens (tertiary/aromatic N) is 5. The first-order chi connectivity index (χ1) is 13.6. The number of benzene rings is 1. The van der Waals surface area contributed by atoms with Crippen LogP contribution in [0.3, 0.4) is 0 Å². The number of aromatic hydroxyl groups is 1. The molecule has 148 valence electrons. The smallest absolute Gasteiger partial charge is 0.320 e. The Morgan fingerprint density at radius 3 is 2.61 bits per heavy atom. The summed E-state index contributed by atoms with van der Waals surface area (Å²) in [5, 5.41) is 10.4. The van der Waals surface area contributed by atoms with Crippen LogP contribution in [-0.2, 0) is 13.1 Å². The van der Waals surface area contributed by atoms with Crippen LogP contribution in [0.5, 0.6) is 12.0 Å². The fourth-order valence-corrected chi connectivity index (χ4v) is 3.60. The Balaban J connectivity index is 1.61. The van der Waals surface area contributed by atoms with Crippen molar-refractivity contribution < 1.29 is 9.84 Å². The van der Waals surface area contributed by atoms with Gasteiger partial charge in [-0.15, -0.1) is 0 Å². The molecule has 1 fully saturated rings. The Morgan fingerprint density at radius 2 is 1.86 bits per heavy atom. The number of likely N-dealkylation sites (tertiary alicyclic amines) is 1. The summed E-state index contributed by atoms with van der Waals surface area (Å²) >= 11 is 0. The molecule has 1 aromatic carbocycles. The molecule has 0 saturated carbocycles. The van der Waals surface area contributed by atoms with Gasteiger partial charge >= 0.3 is 6.01 Å². The molecule has 28 heavy (non-hydrogen) atoms. The van der Waals surface area contributed by atoms with E-state index in [1.165, 1.54) is 18.4 Å². The van der Waals surface area contributed by atoms with Crippen LogP contribution in [0.15, 0.2) is 24.3 Å². The van der Waals surface area contributed by atoms with Crippen molar-refractivity contribution in [2.24, 2.45) is 0 Å². The van der Waals surface area contributed by atoms with Gasteiger partial charge in [-0.3, -0.25) is 9.47 Å². The molecule has 0 unspecified atom stereocenters. The molecule has 1 aliphatic heterocycles. The molecule has 0 atom stereocenters. The van der Waals surface area contributed by atoms with Crippen LogP contribution >= 0.6 is 0 Å². The number of rotatable bonds is 7. The Morgan fingerprint density at radius 1 is 1.11 bits per heavy atom. The minimum atomic E-state index is -0.131. The molecule has 0 aliphatic carbocycles. The average Bonchev–Trinajstić information content (AvgIpc) is 3.30. The summed E-state index contributed by atoms with van der Waals surface area (Å²) in [6, 6.07) is 8.48. The zero-order valence-corrected chi connectivity index (χ0v) is 16.1. The predicted molar refractivity (Wildman–Crippen MR) is 107 cm³/mol. The van der Waals surface area contributed by atoms with Gasteiger partial charge in [0, 0.05) is 6.54 Å². The highest BCUT2D eigenvalue weighted by molar-refractivity contribution is 5.83. The molecule has 3 aromatic rings. The van der Waals surface area contributed by atoms with E-state index in [4.69, 9.17) is 10.5 Å². The lowest BCUT2D eigenvalue weighted by Crippen LogP contribution is -2.18. The fraction of sp³-hybridized carbons (Fsp3) is 0.450. The first kappa shape index (κ1) is 18.5. The highest BCUT2D eigenvalue weighted by atomic mass is 16.5. The molecule has 1 aliphatic rings. The van der Waals surface area contributed by atoms with Gasteiger partial charge in [0.2, 0.25) is 0 Å². The van der Waals surface area contributed by atoms with Gasteiger partial charge in [0.05, 0.1) is 13.2 Å². The van der Waals surface area contributed by atoms with Gasteiger partial charge in [0.1, 0.15) is 0 Å². The first-order valence-electron chi connectivity index (χ1n) is 9.79. The lowest BCUT2D eigenvalue weighted by molar-refractivity contribution is 0.293. The van der Waals surface area contributed by atoms with Gasteiger partial charge in [-0.05, 0) is 43.5 Å². The normalized spacial score (nSPS) is 14.8. The molecule has 3 heterocycles. The summed E-state index contributed by atoms with van der Waals surface area (Å²) in [5.74, 6) is 0.202. The number of ether oxygens (including phenoxy) is 1. The van der Waals surface area contributed by atoms with Crippen LogP contribution in [0.25, 0.3) is 11.2 Å². The molecule has 8 heteroatoms. The Hall–Kier alpha value is -2.87. The molecule has 8 nitrogen and oxygen atoms in total. The fourth-order valence-electron chi connectivity index (χ4n) is 3.60. The summed E-state index contributed by atoms with van der Waals surface area (Å²) < 4.78 is 7.16. The van der Waals surface area contributed by atoms with Gasteiger partial charge in [-0.25, -0.2) is 0 Å². The van der Waals surface area contributed by atoms with Gasteiger partial charge in [-0.2, -0.15) is 15.0 Å². The molecule has 0 spiro atoms. The molecule has 2 aromatic heterocycles. The maximum absolute atomic E-state index is 10.4. The first-order valence-corrected chi connectivity index (χ1v) is 9.79. The van der Waals surface area contributed by atoms with Crippen molar-refractivity contribution >= 4 is 17.0 Å². The zero-order valence-electron chi connectivity index (χ0n) is 16.1. The summed E-state index contributed by atoms with van der Waals surface area (Å²) in [6.45, 7) is 6.23. The van der Waals surface area contributed by atoms with Crippen molar-refractivity contribution in [2.75, 3.05) is 25.4 Å². The summed E-state index contributed by atoms with van der Waals surface area (Å²) in [4.78, 5) is 15.1. The van der Waals surface area contributed by atoms with Crippen molar-refractivity contribution in [1.82, 2.24) is 24.4 Å². The van der Waals surface area contributed by atoms with Crippen LogP contribution in [0.1, 0.15) is 37.3 Å². The minimum Gasteiger partial charge on any atom is -0.480 e. The van der Waals surface area contributed by atoms with Gasteiger partial charge < -0.3 is 15.6 Å². The highest BCUT2D eigenvalue weighted by Gasteiger charge is 2.18. The van der Waals surface area contributed by atoms with E-state index in [0.29, 0.717) is 24.3 Å². The van der Waals surface area contributed by atoms with E-state index in [2.05, 4.69) is 38.1 Å². The topological polar surface area (TPSA) is 102 Å². The second-order valence-corrected chi connectivity index (χ2v) is 7.21. The van der Waals surface area contributed by atoms with E-state index in [1.807, 2.05) is 13.0 Å². The van der Waals surface area contributed by atoms with Crippen LogP contribution in [0.4, 0.5) is 5.82 Å². The molecule has 4 rings (SSSR count). The van der Waals surface area contributed by atoms with Crippen LogP contribution in [-0.4, -0.2) is 49.2 Å². The Bertz CT molecular complexity index is 965. The molecule has 1 saturated heterocycles. The van der Waals surface area contributed by atoms with E-state index in [0.717, 1.165) is 31.6 Å². The van der Waals surface area contributed by atoms with E-state index in [-0.39, 0.29) is 17.8 Å².